The van der Waals surface area contributed by atoms with Crippen molar-refractivity contribution in [2.75, 3.05) is 32.8 Å². The first-order valence-electron chi connectivity index (χ1n) is 11.7. The molecule has 37 heavy (non-hydrogen) atoms. The molecule has 1 aromatic heterocycles. The quantitative estimate of drug-likeness (QED) is 0.605. The first-order chi connectivity index (χ1) is 17.6. The smallest absolute Gasteiger partial charge is 0.416 e. The number of morpholine rings is 1. The summed E-state index contributed by atoms with van der Waals surface area (Å²) in [6, 6.07) is 6.02. The molecule has 0 radical (unpaired) electrons. The summed E-state index contributed by atoms with van der Waals surface area (Å²) >= 11 is 0. The van der Waals surface area contributed by atoms with E-state index in [-0.39, 0.29) is 73.8 Å². The van der Waals surface area contributed by atoms with Gasteiger partial charge < -0.3 is 29.3 Å². The molecule has 0 spiro atoms. The lowest BCUT2D eigenvalue weighted by Gasteiger charge is -2.45. The van der Waals surface area contributed by atoms with E-state index >= 15 is 0 Å². The third-order valence-electron chi connectivity index (χ3n) is 6.40. The van der Waals surface area contributed by atoms with Crippen molar-refractivity contribution in [3.8, 4) is 11.6 Å². The van der Waals surface area contributed by atoms with Gasteiger partial charge in [-0.05, 0) is 36.8 Å². The van der Waals surface area contributed by atoms with Crippen LogP contribution in [0, 0.1) is 5.82 Å². The number of hydrogen-bond donors (Lipinski definition) is 1. The number of hydrogen-bond acceptors (Lipinski definition) is 6. The van der Waals surface area contributed by atoms with E-state index in [4.69, 9.17) is 14.2 Å². The lowest BCUT2D eigenvalue weighted by atomic mass is 10.0. The van der Waals surface area contributed by atoms with E-state index < -0.39 is 17.6 Å². The molecule has 0 saturated carbocycles. The van der Waals surface area contributed by atoms with Gasteiger partial charge in [-0.2, -0.15) is 13.2 Å². The molecular weight excluding hydrogens is 500 g/mol. The predicted molar refractivity (Wildman–Crippen MR) is 119 cm³/mol. The lowest BCUT2D eigenvalue weighted by Crippen LogP contribution is -2.65. The molecule has 0 unspecified atom stereocenters. The Morgan fingerprint density at radius 1 is 1.14 bits per heavy atom. The molecule has 3 saturated heterocycles. The van der Waals surface area contributed by atoms with E-state index in [0.717, 1.165) is 24.3 Å². The molecular formula is C24H24F4N4O5. The molecule has 3 aliphatic rings. The van der Waals surface area contributed by atoms with Crippen LogP contribution in [0.1, 0.15) is 17.7 Å². The third-order valence-corrected chi connectivity index (χ3v) is 6.40. The molecule has 3 aliphatic heterocycles. The Kier molecular flexibility index (Phi) is 6.90. The van der Waals surface area contributed by atoms with Crippen LogP contribution in [-0.2, 0) is 27.1 Å². The second-order valence-electron chi connectivity index (χ2n) is 9.12. The Morgan fingerprint density at radius 2 is 1.89 bits per heavy atom. The van der Waals surface area contributed by atoms with Crippen molar-refractivity contribution in [2.45, 2.75) is 37.5 Å². The number of nitrogens with one attached hydrogen (secondary N) is 1. The van der Waals surface area contributed by atoms with Crippen molar-refractivity contribution >= 4 is 11.9 Å². The Bertz CT molecular complexity index is 1160. The molecule has 4 heterocycles. The van der Waals surface area contributed by atoms with Crippen molar-refractivity contribution in [1.82, 2.24) is 20.1 Å². The van der Waals surface area contributed by atoms with Gasteiger partial charge in [-0.25, -0.2) is 14.2 Å². The molecule has 5 rings (SSSR count). The van der Waals surface area contributed by atoms with Gasteiger partial charge in [-0.15, -0.1) is 0 Å². The van der Waals surface area contributed by atoms with Crippen LogP contribution in [0.5, 0.6) is 11.6 Å². The molecule has 0 bridgehead atoms. The number of carbonyl (C=O) groups excluding carboxylic acids is 2. The van der Waals surface area contributed by atoms with Gasteiger partial charge in [0, 0.05) is 19.2 Å². The van der Waals surface area contributed by atoms with Crippen molar-refractivity contribution in [3.05, 3.63) is 53.5 Å². The average Bonchev–Trinajstić information content (AvgIpc) is 2.83. The highest BCUT2D eigenvalue weighted by molar-refractivity contribution is 5.79. The maximum atomic E-state index is 13.4. The highest BCUT2D eigenvalue weighted by atomic mass is 19.4. The lowest BCUT2D eigenvalue weighted by molar-refractivity contribution is -0.140. The van der Waals surface area contributed by atoms with Crippen LogP contribution in [0.25, 0.3) is 0 Å². The van der Waals surface area contributed by atoms with Crippen LogP contribution in [0.15, 0.2) is 36.4 Å². The number of ether oxygens (including phenoxy) is 3. The van der Waals surface area contributed by atoms with Gasteiger partial charge in [-0.3, -0.25) is 4.79 Å². The Balaban J connectivity index is 1.15. The number of aromatic nitrogens is 1. The van der Waals surface area contributed by atoms with Crippen molar-refractivity contribution in [2.24, 2.45) is 0 Å². The monoisotopic (exact) mass is 524 g/mol. The Morgan fingerprint density at radius 3 is 2.62 bits per heavy atom. The summed E-state index contributed by atoms with van der Waals surface area (Å²) in [6.45, 7) is 1.23. The van der Waals surface area contributed by atoms with E-state index in [2.05, 4.69) is 10.3 Å². The molecule has 2 atom stereocenters. The van der Waals surface area contributed by atoms with Gasteiger partial charge in [0.1, 0.15) is 18.2 Å². The minimum absolute atomic E-state index is 0.00632. The molecule has 198 valence electrons. The van der Waals surface area contributed by atoms with Crippen LogP contribution in [0.2, 0.25) is 0 Å². The summed E-state index contributed by atoms with van der Waals surface area (Å²) in [7, 11) is 0. The number of nitrogens with zero attached hydrogens (tertiary/aromatic N) is 3. The van der Waals surface area contributed by atoms with Gasteiger partial charge in [-0.1, -0.05) is 0 Å². The molecule has 2 aromatic rings. The van der Waals surface area contributed by atoms with Crippen LogP contribution in [0.3, 0.4) is 0 Å². The molecule has 1 aromatic carbocycles. The minimum Gasteiger partial charge on any atom is -0.439 e. The first kappa shape index (κ1) is 25.2. The summed E-state index contributed by atoms with van der Waals surface area (Å²) in [5.74, 6) is -0.877. The Hall–Kier alpha value is -3.45. The summed E-state index contributed by atoms with van der Waals surface area (Å²) < 4.78 is 69.9. The maximum Gasteiger partial charge on any atom is 0.416 e. The highest BCUT2D eigenvalue weighted by Gasteiger charge is 2.40. The van der Waals surface area contributed by atoms with E-state index in [1.54, 1.807) is 9.80 Å². The summed E-state index contributed by atoms with van der Waals surface area (Å²) in [5, 5.41) is 2.85. The van der Waals surface area contributed by atoms with Crippen molar-refractivity contribution < 1.29 is 41.4 Å². The second kappa shape index (κ2) is 10.1. The third kappa shape index (κ3) is 5.93. The fraction of sp³-hybridized carbons (Fsp3) is 0.458. The second-order valence-corrected chi connectivity index (χ2v) is 9.12. The number of likely N-dealkylation sites (tertiary alicyclic amines) is 2. The van der Waals surface area contributed by atoms with Crippen LogP contribution < -0.4 is 10.1 Å². The van der Waals surface area contributed by atoms with Crippen LogP contribution in [0.4, 0.5) is 22.4 Å². The number of piperidine rings is 1. The number of amides is 3. The van der Waals surface area contributed by atoms with Gasteiger partial charge in [0.25, 0.3) is 0 Å². The van der Waals surface area contributed by atoms with Crippen molar-refractivity contribution in [3.63, 3.8) is 0 Å². The molecule has 9 nitrogen and oxygen atoms in total. The number of benzene rings is 1. The number of rotatable bonds is 5. The zero-order valence-electron chi connectivity index (χ0n) is 19.5. The number of pyridine rings is 1. The molecule has 3 amide bonds. The molecule has 0 aliphatic carbocycles. The van der Waals surface area contributed by atoms with E-state index in [9.17, 15) is 27.2 Å². The standard InChI is InChI=1S/C24H24F4N4O5/c25-15-1-3-17(4-2-15)37-22-8-14(24(26,27)28)7-16(29-22)12-35-18-9-32(10-18)23(34)31-6-5-20-19(11-31)30-21(33)13-36-20/h1-4,7-8,18-20H,5-6,9-13H2,(H,30,33)/t19-,20+/m1/s1. The van der Waals surface area contributed by atoms with Crippen LogP contribution >= 0.6 is 0 Å². The number of urea groups is 1. The SMILES string of the molecule is O=C1CO[C@H]2CCN(C(=O)N3CC(OCc4cc(C(F)(F)F)cc(Oc5ccc(F)cc5)n4)C3)C[C@H]2N1. The van der Waals surface area contributed by atoms with E-state index in [0.29, 0.717) is 19.5 Å². The zero-order valence-corrected chi connectivity index (χ0v) is 19.5. The minimum atomic E-state index is -4.63. The van der Waals surface area contributed by atoms with Crippen LogP contribution in [-0.4, -0.2) is 77.8 Å². The number of halogens is 4. The van der Waals surface area contributed by atoms with Gasteiger partial charge in [0.2, 0.25) is 11.8 Å². The largest absolute Gasteiger partial charge is 0.439 e. The number of carbonyl (C=O) groups is 2. The maximum absolute atomic E-state index is 13.4. The summed E-state index contributed by atoms with van der Waals surface area (Å²) in [6.07, 6.45) is -4.48. The summed E-state index contributed by atoms with van der Waals surface area (Å²) in [4.78, 5) is 31.7. The normalized spacial score (nSPS) is 22.2. The predicted octanol–water partition coefficient (Wildman–Crippen LogP) is 2.94. The van der Waals surface area contributed by atoms with Gasteiger partial charge in [0.05, 0.1) is 49.2 Å². The summed E-state index contributed by atoms with van der Waals surface area (Å²) in [5.41, 5.74) is -0.947. The topological polar surface area (TPSA) is 93.2 Å². The molecule has 13 heteroatoms. The van der Waals surface area contributed by atoms with Crippen molar-refractivity contribution in [1.29, 1.82) is 0 Å². The molecule has 1 N–H and O–H groups in total. The fourth-order valence-electron chi connectivity index (χ4n) is 4.45. The Labute approximate surface area is 209 Å². The van der Waals surface area contributed by atoms with Gasteiger partial charge in [0.15, 0.2) is 0 Å². The number of fused-ring (bicyclic) bond motifs is 1. The van der Waals surface area contributed by atoms with E-state index in [1.807, 2.05) is 0 Å². The molecule has 3 fully saturated rings. The van der Waals surface area contributed by atoms with Gasteiger partial charge >= 0.3 is 12.2 Å². The fourth-order valence-corrected chi connectivity index (χ4v) is 4.45. The van der Waals surface area contributed by atoms with E-state index in [1.165, 1.54) is 12.1 Å². The average molecular weight is 524 g/mol. The first-order valence-corrected chi connectivity index (χ1v) is 11.7. The highest BCUT2D eigenvalue weighted by Crippen LogP contribution is 2.33. The zero-order chi connectivity index (χ0) is 26.2. The number of alkyl halides is 3.